The van der Waals surface area contributed by atoms with E-state index in [9.17, 15) is 24.3 Å². The molecule has 0 saturated carbocycles. The van der Waals surface area contributed by atoms with E-state index in [0.717, 1.165) is 19.4 Å². The highest BCUT2D eigenvalue weighted by molar-refractivity contribution is 7.98. The summed E-state index contributed by atoms with van der Waals surface area (Å²) in [5, 5.41) is 17.9. The van der Waals surface area contributed by atoms with Gasteiger partial charge in [0, 0.05) is 12.3 Å². The van der Waals surface area contributed by atoms with E-state index in [-0.39, 0.29) is 17.7 Å². The Hall–Kier alpha value is -1.46. The number of carbonyl (C=O) groups excluding carboxylic acids is 3. The zero-order chi connectivity index (χ0) is 21.4. The van der Waals surface area contributed by atoms with Crippen molar-refractivity contribution in [3.63, 3.8) is 0 Å². The number of likely N-dealkylation sites (tertiary alicyclic amines) is 1. The Morgan fingerprint density at radius 3 is 2.55 bits per heavy atom. The summed E-state index contributed by atoms with van der Waals surface area (Å²) in [5.41, 5.74) is 0. The number of thioether (sulfide) groups is 1. The highest BCUT2D eigenvalue weighted by Crippen LogP contribution is 2.19. The second kappa shape index (κ2) is 11.7. The van der Waals surface area contributed by atoms with Gasteiger partial charge in [-0.3, -0.25) is 14.4 Å². The lowest BCUT2D eigenvalue weighted by molar-refractivity contribution is -0.149. The molecule has 4 N–H and O–H groups in total. The molecule has 0 aromatic rings. The van der Waals surface area contributed by atoms with Crippen LogP contribution in [0.4, 0.5) is 0 Å². The molecule has 9 nitrogen and oxygen atoms in total. The zero-order valence-electron chi connectivity index (χ0n) is 16.6. The number of hydrogen-bond donors (Lipinski definition) is 5. The summed E-state index contributed by atoms with van der Waals surface area (Å²) in [6.45, 7) is 1.12. The van der Waals surface area contributed by atoms with Gasteiger partial charge in [-0.1, -0.05) is 0 Å². The first-order chi connectivity index (χ1) is 13.9. The van der Waals surface area contributed by atoms with Gasteiger partial charge in [0.15, 0.2) is 0 Å². The van der Waals surface area contributed by atoms with Crippen molar-refractivity contribution in [2.75, 3.05) is 30.9 Å². The van der Waals surface area contributed by atoms with Gasteiger partial charge in [-0.15, -0.1) is 0 Å². The molecule has 0 aliphatic carbocycles. The molecular weight excluding hydrogens is 416 g/mol. The summed E-state index contributed by atoms with van der Waals surface area (Å²) in [6.07, 6.45) is 4.99. The molecule has 2 aliphatic rings. The maximum absolute atomic E-state index is 12.8. The number of amides is 3. The largest absolute Gasteiger partial charge is 0.480 e. The lowest BCUT2D eigenvalue weighted by atomic mass is 10.1. The summed E-state index contributed by atoms with van der Waals surface area (Å²) in [7, 11) is 0. The Balaban J connectivity index is 2.01. The topological polar surface area (TPSA) is 128 Å². The van der Waals surface area contributed by atoms with Crippen molar-refractivity contribution in [3.8, 4) is 0 Å². The molecule has 0 radical (unpaired) electrons. The van der Waals surface area contributed by atoms with E-state index < -0.39 is 35.9 Å². The number of carboxylic acid groups (broad SMARTS) is 1. The second-order valence-electron chi connectivity index (χ2n) is 7.26. The molecule has 0 bridgehead atoms. The molecule has 2 rings (SSSR count). The first kappa shape index (κ1) is 23.8. The van der Waals surface area contributed by atoms with Gasteiger partial charge in [0.25, 0.3) is 0 Å². The van der Waals surface area contributed by atoms with Crippen molar-refractivity contribution < 1.29 is 24.3 Å². The average molecular weight is 447 g/mol. The Kier molecular flexibility index (Phi) is 9.57. The fourth-order valence-electron chi connectivity index (χ4n) is 3.63. The predicted octanol–water partition coefficient (Wildman–Crippen LogP) is -0.533. The summed E-state index contributed by atoms with van der Waals surface area (Å²) in [5.74, 6) is -1.46. The van der Waals surface area contributed by atoms with Crippen LogP contribution < -0.4 is 16.0 Å². The monoisotopic (exact) mass is 446 g/mol. The average Bonchev–Trinajstić information content (AvgIpc) is 3.40. The molecule has 2 saturated heterocycles. The molecule has 3 amide bonds. The van der Waals surface area contributed by atoms with E-state index in [1.54, 1.807) is 11.8 Å². The number of nitrogens with zero attached hydrogens (tertiary/aromatic N) is 1. The second-order valence-corrected chi connectivity index (χ2v) is 8.61. The Bertz CT molecular complexity index is 615. The standard InChI is InChI=1S/C18H30N4O5S2/c1-29-9-6-12(20-15(23)11-4-2-7-19-11)16(24)21-13(10-28)17(25)22-8-3-5-14(22)18(26)27/h11-14,19,28H,2-10H2,1H3,(H,20,23)(H,21,24)(H,26,27). The number of rotatable bonds is 10. The molecule has 29 heavy (non-hydrogen) atoms. The van der Waals surface area contributed by atoms with Crippen LogP contribution in [0.15, 0.2) is 0 Å². The summed E-state index contributed by atoms with van der Waals surface area (Å²) in [4.78, 5) is 50.7. The van der Waals surface area contributed by atoms with Crippen LogP contribution in [0, 0.1) is 0 Å². The molecule has 2 fully saturated rings. The van der Waals surface area contributed by atoms with Crippen LogP contribution in [0.1, 0.15) is 32.1 Å². The van der Waals surface area contributed by atoms with Crippen LogP contribution in [0.5, 0.6) is 0 Å². The van der Waals surface area contributed by atoms with Crippen molar-refractivity contribution in [3.05, 3.63) is 0 Å². The summed E-state index contributed by atoms with van der Waals surface area (Å²) < 4.78 is 0. The van der Waals surface area contributed by atoms with Gasteiger partial charge in [-0.2, -0.15) is 24.4 Å². The Labute approximate surface area is 180 Å². The van der Waals surface area contributed by atoms with E-state index in [1.165, 1.54) is 4.90 Å². The van der Waals surface area contributed by atoms with Crippen LogP contribution in [0.25, 0.3) is 0 Å². The lowest BCUT2D eigenvalue weighted by Gasteiger charge is -2.28. The normalized spacial score (nSPS) is 23.4. The molecule has 4 atom stereocenters. The maximum Gasteiger partial charge on any atom is 0.326 e. The summed E-state index contributed by atoms with van der Waals surface area (Å²) >= 11 is 5.73. The van der Waals surface area contributed by atoms with E-state index in [0.29, 0.717) is 31.6 Å². The number of nitrogens with one attached hydrogen (secondary N) is 3. The number of hydrogen-bond acceptors (Lipinski definition) is 7. The quantitative estimate of drug-likeness (QED) is 0.285. The van der Waals surface area contributed by atoms with Gasteiger partial charge in [-0.05, 0) is 50.7 Å². The number of thiol groups is 1. The minimum Gasteiger partial charge on any atom is -0.480 e. The van der Waals surface area contributed by atoms with E-state index in [4.69, 9.17) is 0 Å². The fourth-order valence-corrected chi connectivity index (χ4v) is 4.35. The molecule has 164 valence electrons. The van der Waals surface area contributed by atoms with Gasteiger partial charge < -0.3 is 26.0 Å². The molecular formula is C18H30N4O5S2. The van der Waals surface area contributed by atoms with Gasteiger partial charge in [0.2, 0.25) is 17.7 Å². The van der Waals surface area contributed by atoms with E-state index in [2.05, 4.69) is 28.6 Å². The van der Waals surface area contributed by atoms with Gasteiger partial charge in [0.1, 0.15) is 18.1 Å². The molecule has 0 spiro atoms. The van der Waals surface area contributed by atoms with Crippen molar-refractivity contribution in [1.29, 1.82) is 0 Å². The van der Waals surface area contributed by atoms with Crippen LogP contribution in [-0.4, -0.2) is 88.7 Å². The molecule has 0 aromatic carbocycles. The van der Waals surface area contributed by atoms with Crippen molar-refractivity contribution >= 4 is 48.1 Å². The summed E-state index contributed by atoms with van der Waals surface area (Å²) in [6, 6.07) is -2.88. The van der Waals surface area contributed by atoms with Gasteiger partial charge >= 0.3 is 5.97 Å². The van der Waals surface area contributed by atoms with Crippen LogP contribution >= 0.6 is 24.4 Å². The highest BCUT2D eigenvalue weighted by atomic mass is 32.2. The number of carboxylic acids is 1. The number of carbonyl (C=O) groups is 4. The van der Waals surface area contributed by atoms with Crippen molar-refractivity contribution in [1.82, 2.24) is 20.9 Å². The van der Waals surface area contributed by atoms with Crippen LogP contribution in [0.3, 0.4) is 0 Å². The highest BCUT2D eigenvalue weighted by Gasteiger charge is 2.38. The van der Waals surface area contributed by atoms with Gasteiger partial charge in [0.05, 0.1) is 6.04 Å². The van der Waals surface area contributed by atoms with Crippen LogP contribution in [-0.2, 0) is 19.2 Å². The Morgan fingerprint density at radius 2 is 1.97 bits per heavy atom. The SMILES string of the molecule is CSCCC(NC(=O)C1CCCN1)C(=O)NC(CS)C(=O)N1CCCC1C(=O)O. The predicted molar refractivity (Wildman–Crippen MR) is 114 cm³/mol. The van der Waals surface area contributed by atoms with Crippen molar-refractivity contribution in [2.24, 2.45) is 0 Å². The molecule has 0 aromatic heterocycles. The smallest absolute Gasteiger partial charge is 0.326 e. The third-order valence-electron chi connectivity index (χ3n) is 5.24. The first-order valence-electron chi connectivity index (χ1n) is 9.86. The van der Waals surface area contributed by atoms with E-state index in [1.807, 2.05) is 6.26 Å². The molecule has 2 aliphatic heterocycles. The minimum atomic E-state index is -1.05. The fraction of sp³-hybridized carbons (Fsp3) is 0.778. The zero-order valence-corrected chi connectivity index (χ0v) is 18.3. The Morgan fingerprint density at radius 1 is 1.21 bits per heavy atom. The maximum atomic E-state index is 12.8. The molecule has 11 heteroatoms. The van der Waals surface area contributed by atoms with Crippen molar-refractivity contribution in [2.45, 2.75) is 56.3 Å². The number of aliphatic carboxylic acids is 1. The van der Waals surface area contributed by atoms with Crippen LogP contribution in [0.2, 0.25) is 0 Å². The molecule has 2 heterocycles. The third kappa shape index (κ3) is 6.51. The third-order valence-corrected chi connectivity index (χ3v) is 6.25. The van der Waals surface area contributed by atoms with Gasteiger partial charge in [-0.25, -0.2) is 4.79 Å². The minimum absolute atomic E-state index is 0.0424. The first-order valence-corrected chi connectivity index (χ1v) is 11.9. The molecule has 4 unspecified atom stereocenters. The van der Waals surface area contributed by atoms with E-state index >= 15 is 0 Å². The lowest BCUT2D eigenvalue weighted by Crippen LogP contribution is -2.57.